The Labute approximate surface area is 137 Å². The van der Waals surface area contributed by atoms with Crippen molar-refractivity contribution >= 4 is 15.9 Å². The van der Waals surface area contributed by atoms with E-state index < -0.39 is 10.0 Å². The van der Waals surface area contributed by atoms with Gasteiger partial charge in [0.25, 0.3) is 0 Å². The number of sulfonamides is 1. The van der Waals surface area contributed by atoms with Crippen LogP contribution in [0.25, 0.3) is 0 Å². The van der Waals surface area contributed by atoms with Gasteiger partial charge in [-0.2, -0.15) is 5.10 Å². The lowest BCUT2D eigenvalue weighted by Crippen LogP contribution is -2.41. The Morgan fingerprint density at radius 2 is 2.13 bits per heavy atom. The molecule has 23 heavy (non-hydrogen) atoms. The third kappa shape index (κ3) is 3.58. The van der Waals surface area contributed by atoms with Crippen LogP contribution in [-0.2, 0) is 21.4 Å². The first-order valence-corrected chi connectivity index (χ1v) is 9.69. The quantitative estimate of drug-likeness (QED) is 0.831. The highest BCUT2D eigenvalue weighted by atomic mass is 32.2. The average molecular weight is 340 g/mol. The molecule has 1 aliphatic heterocycles. The summed E-state index contributed by atoms with van der Waals surface area (Å²) in [5.41, 5.74) is 0. The molecule has 1 saturated heterocycles. The van der Waals surface area contributed by atoms with Gasteiger partial charge in [-0.3, -0.25) is 9.48 Å². The molecule has 7 nitrogen and oxygen atoms in total. The Balaban J connectivity index is 1.74. The fraction of sp³-hybridized carbons (Fsp3) is 0.733. The third-order valence-electron chi connectivity index (χ3n) is 4.72. The first kappa shape index (κ1) is 16.4. The summed E-state index contributed by atoms with van der Waals surface area (Å²) in [5.74, 6) is 0.766. The lowest BCUT2D eigenvalue weighted by molar-refractivity contribution is -0.128. The van der Waals surface area contributed by atoms with Crippen LogP contribution in [0, 0.1) is 11.8 Å². The molecule has 0 aromatic carbocycles. The van der Waals surface area contributed by atoms with Gasteiger partial charge in [-0.15, -0.1) is 0 Å². The normalized spacial score (nSPS) is 25.0. The maximum Gasteiger partial charge on any atom is 0.244 e. The Morgan fingerprint density at radius 3 is 2.74 bits per heavy atom. The Morgan fingerprint density at radius 1 is 1.39 bits per heavy atom. The van der Waals surface area contributed by atoms with Crippen LogP contribution >= 0.6 is 0 Å². The van der Waals surface area contributed by atoms with Gasteiger partial charge in [0.15, 0.2) is 0 Å². The summed E-state index contributed by atoms with van der Waals surface area (Å²) in [6, 6.07) is -0.203. The molecule has 3 rings (SSSR count). The number of aromatic nitrogens is 2. The predicted octanol–water partition coefficient (Wildman–Crippen LogP) is 0.828. The summed E-state index contributed by atoms with van der Waals surface area (Å²) in [7, 11) is -3.60. The molecule has 1 amide bonds. The molecule has 2 heterocycles. The number of hydrogen-bond acceptors (Lipinski definition) is 4. The van der Waals surface area contributed by atoms with Gasteiger partial charge >= 0.3 is 0 Å². The lowest BCUT2D eigenvalue weighted by Gasteiger charge is -2.18. The summed E-state index contributed by atoms with van der Waals surface area (Å²) in [6.45, 7) is 5.36. The zero-order chi connectivity index (χ0) is 16.6. The molecule has 2 atom stereocenters. The average Bonchev–Trinajstić information content (AvgIpc) is 3.05. The third-order valence-corrected chi connectivity index (χ3v) is 6.16. The number of nitrogens with zero attached hydrogens (tertiary/aromatic N) is 3. The second-order valence-corrected chi connectivity index (χ2v) is 8.31. The van der Waals surface area contributed by atoms with Crippen LogP contribution in [0.1, 0.15) is 33.1 Å². The zero-order valence-electron chi connectivity index (χ0n) is 13.6. The van der Waals surface area contributed by atoms with Crippen molar-refractivity contribution in [2.45, 2.75) is 50.6 Å². The van der Waals surface area contributed by atoms with Crippen molar-refractivity contribution in [3.63, 3.8) is 0 Å². The smallest absolute Gasteiger partial charge is 0.244 e. The van der Waals surface area contributed by atoms with Crippen molar-refractivity contribution in [1.82, 2.24) is 19.4 Å². The topological polar surface area (TPSA) is 84.3 Å². The van der Waals surface area contributed by atoms with Crippen molar-refractivity contribution in [1.29, 1.82) is 0 Å². The van der Waals surface area contributed by atoms with Crippen LogP contribution in [-0.4, -0.2) is 48.1 Å². The van der Waals surface area contributed by atoms with Gasteiger partial charge in [0.1, 0.15) is 4.90 Å². The summed E-state index contributed by atoms with van der Waals surface area (Å²) in [4.78, 5) is 13.6. The number of likely N-dealkylation sites (tertiary alicyclic amines) is 1. The fourth-order valence-corrected chi connectivity index (χ4v) is 4.55. The molecule has 128 valence electrons. The van der Waals surface area contributed by atoms with E-state index in [0.29, 0.717) is 25.6 Å². The second-order valence-electron chi connectivity index (χ2n) is 6.59. The van der Waals surface area contributed by atoms with Gasteiger partial charge in [-0.05, 0) is 31.1 Å². The minimum absolute atomic E-state index is 0.00751. The molecule has 8 heteroatoms. The predicted molar refractivity (Wildman–Crippen MR) is 85.1 cm³/mol. The Kier molecular flexibility index (Phi) is 4.46. The minimum atomic E-state index is -3.60. The molecule has 0 unspecified atom stereocenters. The van der Waals surface area contributed by atoms with Crippen molar-refractivity contribution in [3.05, 3.63) is 12.4 Å². The van der Waals surface area contributed by atoms with E-state index in [1.807, 2.05) is 6.92 Å². The van der Waals surface area contributed by atoms with Crippen LogP contribution in [0.3, 0.4) is 0 Å². The van der Waals surface area contributed by atoms with E-state index in [-0.39, 0.29) is 22.8 Å². The van der Waals surface area contributed by atoms with Gasteiger partial charge in [0, 0.05) is 38.8 Å². The highest BCUT2D eigenvalue weighted by molar-refractivity contribution is 7.89. The minimum Gasteiger partial charge on any atom is -0.341 e. The van der Waals surface area contributed by atoms with Crippen molar-refractivity contribution in [2.24, 2.45) is 11.8 Å². The van der Waals surface area contributed by atoms with Gasteiger partial charge in [0.2, 0.25) is 15.9 Å². The fourth-order valence-electron chi connectivity index (χ4n) is 3.31. The maximum absolute atomic E-state index is 12.6. The van der Waals surface area contributed by atoms with E-state index in [9.17, 15) is 13.2 Å². The molecule has 2 aliphatic rings. The van der Waals surface area contributed by atoms with E-state index in [1.165, 1.54) is 13.1 Å². The largest absolute Gasteiger partial charge is 0.341 e. The highest BCUT2D eigenvalue weighted by Crippen LogP contribution is 2.41. The highest BCUT2D eigenvalue weighted by Gasteiger charge is 2.44. The first-order valence-electron chi connectivity index (χ1n) is 8.21. The monoisotopic (exact) mass is 340 g/mol. The number of nitrogens with one attached hydrogen (secondary N) is 1. The molecule has 1 aromatic heterocycles. The van der Waals surface area contributed by atoms with E-state index in [2.05, 4.69) is 9.82 Å². The SMILES string of the molecule is CCCn1cc(S(=O)(=O)N[C@H]2CN(C(C)=O)C[C@@H]2C2CC2)cn1. The summed E-state index contributed by atoms with van der Waals surface area (Å²) in [6.07, 6.45) is 6.11. The van der Waals surface area contributed by atoms with Crippen molar-refractivity contribution < 1.29 is 13.2 Å². The summed E-state index contributed by atoms with van der Waals surface area (Å²) >= 11 is 0. The molecular formula is C15H24N4O3S. The van der Waals surface area contributed by atoms with Crippen LogP contribution in [0.5, 0.6) is 0 Å². The summed E-state index contributed by atoms with van der Waals surface area (Å²) < 4.78 is 29.7. The van der Waals surface area contributed by atoms with Crippen LogP contribution in [0.15, 0.2) is 17.3 Å². The van der Waals surface area contributed by atoms with E-state index in [0.717, 1.165) is 19.3 Å². The molecule has 1 aliphatic carbocycles. The first-order chi connectivity index (χ1) is 10.9. The molecule has 0 radical (unpaired) electrons. The number of rotatable bonds is 6. The van der Waals surface area contributed by atoms with Gasteiger partial charge in [-0.1, -0.05) is 6.92 Å². The number of amides is 1. The molecule has 1 N–H and O–H groups in total. The zero-order valence-corrected chi connectivity index (χ0v) is 14.4. The molecule has 0 bridgehead atoms. The van der Waals surface area contributed by atoms with Gasteiger partial charge in [-0.25, -0.2) is 13.1 Å². The van der Waals surface area contributed by atoms with Crippen LogP contribution in [0.4, 0.5) is 0 Å². The molecule has 1 saturated carbocycles. The standard InChI is InChI=1S/C15H24N4O3S/c1-3-6-19-8-13(7-16-19)23(21,22)17-15-10-18(11(2)20)9-14(15)12-4-5-12/h7-8,12,14-15,17H,3-6,9-10H2,1-2H3/t14-,15+/m1/s1. The molecule has 2 fully saturated rings. The van der Waals surface area contributed by atoms with E-state index in [1.54, 1.807) is 15.8 Å². The van der Waals surface area contributed by atoms with Gasteiger partial charge in [0.05, 0.1) is 6.20 Å². The van der Waals surface area contributed by atoms with Gasteiger partial charge < -0.3 is 4.90 Å². The van der Waals surface area contributed by atoms with Crippen LogP contribution < -0.4 is 4.72 Å². The Bertz CT molecular complexity index is 681. The van der Waals surface area contributed by atoms with E-state index >= 15 is 0 Å². The van der Waals surface area contributed by atoms with Crippen molar-refractivity contribution in [3.8, 4) is 0 Å². The molecular weight excluding hydrogens is 316 g/mol. The second kappa shape index (κ2) is 6.24. The number of aryl methyl sites for hydroxylation is 1. The Hall–Kier alpha value is -1.41. The van der Waals surface area contributed by atoms with Crippen LogP contribution in [0.2, 0.25) is 0 Å². The summed E-state index contributed by atoms with van der Waals surface area (Å²) in [5, 5.41) is 4.09. The maximum atomic E-state index is 12.6. The van der Waals surface area contributed by atoms with E-state index in [4.69, 9.17) is 0 Å². The number of carbonyl (C=O) groups excluding carboxylic acids is 1. The number of carbonyl (C=O) groups is 1. The molecule has 0 spiro atoms. The number of hydrogen-bond donors (Lipinski definition) is 1. The van der Waals surface area contributed by atoms with Crippen molar-refractivity contribution in [2.75, 3.05) is 13.1 Å². The lowest BCUT2D eigenvalue weighted by atomic mass is 9.99. The molecule has 1 aromatic rings.